The third-order valence-corrected chi connectivity index (χ3v) is 12.3. The Morgan fingerprint density at radius 2 is 0.787 bits per heavy atom. The zero-order valence-electron chi connectivity index (χ0n) is 33.5. The first-order valence-corrected chi connectivity index (χ1v) is 21.0. The number of rotatable bonds is 9. The monoisotopic (exact) mass is 784 g/mol. The van der Waals surface area contributed by atoms with Crippen molar-refractivity contribution >= 4 is 65.4 Å². The molecule has 0 unspecified atom stereocenters. The van der Waals surface area contributed by atoms with Gasteiger partial charge in [0, 0.05) is 73.9 Å². The van der Waals surface area contributed by atoms with Crippen molar-refractivity contribution in [3.05, 3.63) is 228 Å². The van der Waals surface area contributed by atoms with Gasteiger partial charge < -0.3 is 13.7 Å². The largest absolute Gasteiger partial charge is 0.336 e. The molecule has 0 atom stereocenters. The lowest BCUT2D eigenvalue weighted by molar-refractivity contribution is 0.733. The van der Waals surface area contributed by atoms with Crippen LogP contribution in [0, 0.1) is 0 Å². The van der Waals surface area contributed by atoms with Crippen molar-refractivity contribution in [2.75, 3.05) is 0 Å². The first-order chi connectivity index (χ1) is 30.2. The number of hydrogen-bond acceptors (Lipinski definition) is 3. The summed E-state index contributed by atoms with van der Waals surface area (Å²) in [6.45, 7) is 1.30. The van der Waals surface area contributed by atoms with Crippen LogP contribution in [0.4, 0.5) is 0 Å². The van der Waals surface area contributed by atoms with E-state index in [0.29, 0.717) is 19.4 Å². The van der Waals surface area contributed by atoms with E-state index in [-0.39, 0.29) is 0 Å². The average Bonchev–Trinajstić information content (AvgIpc) is 3.93. The van der Waals surface area contributed by atoms with Gasteiger partial charge >= 0.3 is 0 Å². The molecule has 4 aromatic heterocycles. The Bertz CT molecular complexity index is 3520. The topological polar surface area (TPSA) is 53.5 Å². The van der Waals surface area contributed by atoms with Crippen molar-refractivity contribution in [1.82, 2.24) is 28.7 Å². The van der Waals surface area contributed by atoms with Crippen LogP contribution in [0.3, 0.4) is 0 Å². The van der Waals surface area contributed by atoms with Crippen LogP contribution in [-0.2, 0) is 25.9 Å². The van der Waals surface area contributed by atoms with Gasteiger partial charge in [0.1, 0.15) is 11.6 Å². The van der Waals surface area contributed by atoms with Gasteiger partial charge in [0.15, 0.2) is 5.82 Å². The van der Waals surface area contributed by atoms with E-state index in [1.807, 2.05) is 0 Å². The zero-order valence-corrected chi connectivity index (χ0v) is 33.5. The zero-order chi connectivity index (χ0) is 40.3. The molecule has 0 fully saturated rings. The van der Waals surface area contributed by atoms with Gasteiger partial charge in [0.05, 0.1) is 23.1 Å². The minimum absolute atomic E-state index is 0.503. The fourth-order valence-corrected chi connectivity index (χ4v) is 9.59. The molecule has 0 radical (unpaired) electrons. The Hall–Kier alpha value is -7.83. The van der Waals surface area contributed by atoms with Crippen molar-refractivity contribution in [2.45, 2.75) is 25.9 Å². The second-order valence-corrected chi connectivity index (χ2v) is 16.0. The quantitative estimate of drug-likeness (QED) is 0.146. The van der Waals surface area contributed by atoms with Crippen LogP contribution in [0.25, 0.3) is 71.1 Å². The number of nitrogens with zero attached hydrogens (tertiary/aromatic N) is 6. The lowest BCUT2D eigenvalue weighted by atomic mass is 10.1. The summed E-state index contributed by atoms with van der Waals surface area (Å²) in [5, 5.41) is 7.47. The summed E-state index contributed by atoms with van der Waals surface area (Å²) >= 11 is 0. The molecule has 6 nitrogen and oxygen atoms in total. The maximum atomic E-state index is 5.25. The summed E-state index contributed by atoms with van der Waals surface area (Å²) in [6.07, 6.45) is 1.23. The first kappa shape index (κ1) is 35.1. The van der Waals surface area contributed by atoms with Gasteiger partial charge in [0.2, 0.25) is 0 Å². The molecule has 4 heterocycles. The van der Waals surface area contributed by atoms with E-state index in [2.05, 4.69) is 208 Å². The second kappa shape index (κ2) is 14.5. The highest BCUT2D eigenvalue weighted by molar-refractivity contribution is 6.25. The third-order valence-electron chi connectivity index (χ3n) is 12.3. The summed E-state index contributed by atoms with van der Waals surface area (Å²) in [4.78, 5) is 15.6. The van der Waals surface area contributed by atoms with Crippen LogP contribution < -0.4 is 0 Å². The molecule has 6 heteroatoms. The Kier molecular flexibility index (Phi) is 8.33. The van der Waals surface area contributed by atoms with E-state index >= 15 is 0 Å². The fourth-order valence-electron chi connectivity index (χ4n) is 9.59. The van der Waals surface area contributed by atoms with Crippen LogP contribution in [0.2, 0.25) is 0 Å². The molecule has 0 bridgehead atoms. The van der Waals surface area contributed by atoms with Crippen LogP contribution in [0.5, 0.6) is 0 Å². The first-order valence-electron chi connectivity index (χ1n) is 21.0. The SMILES string of the molecule is c1ccc(Cc2nc(Cc3ccc(Cn4c5ccccc5c5ccccc54)cc3)nc(Cn3c4ccccc4c4ccc5c(c6ccccc6n5-c5ccccc5)c43)n2)cc1. The Morgan fingerprint density at radius 1 is 0.311 bits per heavy atom. The number of aromatic nitrogens is 6. The molecule has 12 aromatic rings. The van der Waals surface area contributed by atoms with Crippen molar-refractivity contribution in [2.24, 2.45) is 0 Å². The Morgan fingerprint density at radius 3 is 1.43 bits per heavy atom. The van der Waals surface area contributed by atoms with E-state index in [4.69, 9.17) is 15.0 Å². The van der Waals surface area contributed by atoms with Crippen molar-refractivity contribution in [1.29, 1.82) is 0 Å². The average molecular weight is 785 g/mol. The molecule has 290 valence electrons. The second-order valence-electron chi connectivity index (χ2n) is 16.0. The van der Waals surface area contributed by atoms with Gasteiger partial charge in [-0.15, -0.1) is 0 Å². The Balaban J connectivity index is 0.954. The molecule has 61 heavy (non-hydrogen) atoms. The lowest BCUT2D eigenvalue weighted by Gasteiger charge is -2.12. The molecule has 0 saturated carbocycles. The summed E-state index contributed by atoms with van der Waals surface area (Å²) < 4.78 is 7.25. The minimum atomic E-state index is 0.503. The smallest absolute Gasteiger partial charge is 0.152 e. The number of fused-ring (bicyclic) bond motifs is 10. The van der Waals surface area contributed by atoms with Crippen LogP contribution in [0.1, 0.15) is 34.2 Å². The number of para-hydroxylation sites is 5. The molecule has 0 N–H and O–H groups in total. The van der Waals surface area contributed by atoms with Gasteiger partial charge in [-0.1, -0.05) is 152 Å². The molecule has 0 amide bonds. The summed E-state index contributed by atoms with van der Waals surface area (Å²) in [5.41, 5.74) is 11.9. The van der Waals surface area contributed by atoms with Gasteiger partial charge in [-0.05, 0) is 59.2 Å². The van der Waals surface area contributed by atoms with E-state index in [0.717, 1.165) is 35.2 Å². The van der Waals surface area contributed by atoms with E-state index in [1.165, 1.54) is 76.6 Å². The van der Waals surface area contributed by atoms with E-state index in [9.17, 15) is 0 Å². The maximum Gasteiger partial charge on any atom is 0.152 e. The molecular weight excluding hydrogens is 745 g/mol. The molecule has 0 aliphatic heterocycles. The van der Waals surface area contributed by atoms with E-state index < -0.39 is 0 Å². The predicted octanol–water partition coefficient (Wildman–Crippen LogP) is 12.5. The van der Waals surface area contributed by atoms with Crippen LogP contribution >= 0.6 is 0 Å². The van der Waals surface area contributed by atoms with Gasteiger partial charge in [0.25, 0.3) is 0 Å². The highest BCUT2D eigenvalue weighted by atomic mass is 15.1. The number of hydrogen-bond donors (Lipinski definition) is 0. The minimum Gasteiger partial charge on any atom is -0.336 e. The molecule has 8 aromatic carbocycles. The molecule has 0 saturated heterocycles. The highest BCUT2D eigenvalue weighted by Gasteiger charge is 2.21. The molecular formula is C55H40N6. The maximum absolute atomic E-state index is 5.25. The molecule has 0 aliphatic carbocycles. The van der Waals surface area contributed by atoms with Crippen LogP contribution in [0.15, 0.2) is 194 Å². The van der Waals surface area contributed by atoms with Gasteiger partial charge in [-0.2, -0.15) is 0 Å². The summed E-state index contributed by atoms with van der Waals surface area (Å²) in [7, 11) is 0. The summed E-state index contributed by atoms with van der Waals surface area (Å²) in [6, 6.07) is 69.6. The standard InChI is InChI=1S/C55H40N6/c1-3-15-37(16-4-1)33-51-56-52(34-38-27-29-39(30-28-38)35-59-46-23-11-7-19-41(46)42-20-8-12-24-47(42)59)58-53(57-51)36-60-48-25-13-9-21-43(48)44-31-32-50-54(55(44)60)45-22-10-14-26-49(45)61(50)40-17-5-2-6-18-40/h1-32H,33-36H2. The van der Waals surface area contributed by atoms with Crippen molar-refractivity contribution in [3.63, 3.8) is 0 Å². The van der Waals surface area contributed by atoms with Crippen LogP contribution in [-0.4, -0.2) is 28.7 Å². The highest BCUT2D eigenvalue weighted by Crippen LogP contribution is 2.41. The molecule has 0 spiro atoms. The molecule has 12 rings (SSSR count). The Labute approximate surface area is 352 Å². The number of benzene rings is 8. The van der Waals surface area contributed by atoms with Crippen molar-refractivity contribution < 1.29 is 0 Å². The normalized spacial score (nSPS) is 11.9. The fraction of sp³-hybridized carbons (Fsp3) is 0.0727. The van der Waals surface area contributed by atoms with Gasteiger partial charge in [-0.25, -0.2) is 15.0 Å². The lowest BCUT2D eigenvalue weighted by Crippen LogP contribution is -2.12. The summed E-state index contributed by atoms with van der Waals surface area (Å²) in [5.74, 6) is 2.31. The van der Waals surface area contributed by atoms with E-state index in [1.54, 1.807) is 0 Å². The molecule has 0 aliphatic rings. The van der Waals surface area contributed by atoms with Gasteiger partial charge in [-0.3, -0.25) is 0 Å². The predicted molar refractivity (Wildman–Crippen MR) is 250 cm³/mol. The van der Waals surface area contributed by atoms with Crippen molar-refractivity contribution in [3.8, 4) is 5.69 Å². The third kappa shape index (κ3) is 6.06.